The quantitative estimate of drug-likeness (QED) is 0.389. The zero-order chi connectivity index (χ0) is 8.58. The molecular formula is C12H19B. The number of fused-ring (bicyclic) bond motifs is 9. The summed E-state index contributed by atoms with van der Waals surface area (Å²) < 4.78 is 0. The molecule has 4 saturated carbocycles. The van der Waals surface area contributed by atoms with Gasteiger partial charge in [0.25, 0.3) is 0 Å². The average Bonchev–Trinajstić information content (AvgIpc) is 2.78. The van der Waals surface area contributed by atoms with E-state index in [1.165, 1.54) is 35.5 Å². The summed E-state index contributed by atoms with van der Waals surface area (Å²) in [6, 6.07) is 0. The molecule has 0 N–H and O–H groups in total. The predicted octanol–water partition coefficient (Wildman–Crippen LogP) is 2.11. The molecule has 13 heavy (non-hydrogen) atoms. The maximum Gasteiger partial charge on any atom is 0.105 e. The minimum absolute atomic E-state index is 1.09. The SMILES string of the molecule is BC1CC2CC1C1C3CCC(C3)C21. The highest BCUT2D eigenvalue weighted by Gasteiger charge is 2.60. The normalized spacial score (nSPS) is 67.5. The highest BCUT2D eigenvalue weighted by Crippen LogP contribution is 2.69. The molecule has 4 fully saturated rings. The Labute approximate surface area is 81.9 Å². The summed E-state index contributed by atoms with van der Waals surface area (Å²) in [4.78, 5) is 0. The van der Waals surface area contributed by atoms with Gasteiger partial charge in [-0.15, -0.1) is 0 Å². The van der Waals surface area contributed by atoms with Crippen LogP contribution in [0.25, 0.3) is 0 Å². The Balaban J connectivity index is 1.75. The highest BCUT2D eigenvalue weighted by molar-refractivity contribution is 6.12. The molecule has 0 aromatic heterocycles. The van der Waals surface area contributed by atoms with Crippen LogP contribution in [-0.2, 0) is 0 Å². The molecule has 4 rings (SSSR count). The third-order valence-electron chi connectivity index (χ3n) is 6.07. The molecule has 7 unspecified atom stereocenters. The molecule has 4 aliphatic rings. The van der Waals surface area contributed by atoms with Gasteiger partial charge in [-0.2, -0.15) is 0 Å². The molecule has 0 aromatic rings. The van der Waals surface area contributed by atoms with E-state index in [0.29, 0.717) is 0 Å². The third-order valence-corrected chi connectivity index (χ3v) is 6.07. The molecule has 7 atom stereocenters. The van der Waals surface area contributed by atoms with Gasteiger partial charge in [0.2, 0.25) is 0 Å². The largest absolute Gasteiger partial charge is 0.105 e. The predicted molar refractivity (Wildman–Crippen MR) is 56.3 cm³/mol. The summed E-state index contributed by atoms with van der Waals surface area (Å²) in [6.07, 6.45) is 8.05. The van der Waals surface area contributed by atoms with Crippen LogP contribution in [0.1, 0.15) is 32.1 Å². The molecule has 4 bridgehead atoms. The van der Waals surface area contributed by atoms with E-state index in [1.807, 2.05) is 0 Å². The Morgan fingerprint density at radius 3 is 2.38 bits per heavy atom. The van der Waals surface area contributed by atoms with Crippen molar-refractivity contribution in [3.63, 3.8) is 0 Å². The molecule has 1 heteroatoms. The number of rotatable bonds is 0. The summed E-state index contributed by atoms with van der Waals surface area (Å²) >= 11 is 0. The average molecular weight is 174 g/mol. The monoisotopic (exact) mass is 174 g/mol. The lowest BCUT2D eigenvalue weighted by molar-refractivity contribution is 0.146. The van der Waals surface area contributed by atoms with Crippen LogP contribution in [0.4, 0.5) is 0 Å². The Bertz CT molecular complexity index is 250. The minimum Gasteiger partial charge on any atom is -0.0664 e. The van der Waals surface area contributed by atoms with Crippen molar-refractivity contribution in [1.82, 2.24) is 0 Å². The van der Waals surface area contributed by atoms with Crippen molar-refractivity contribution >= 4 is 7.85 Å². The first-order chi connectivity index (χ1) is 6.34. The first kappa shape index (κ1) is 7.37. The molecule has 0 aromatic carbocycles. The fourth-order valence-corrected chi connectivity index (χ4v) is 5.90. The molecular weight excluding hydrogens is 155 g/mol. The minimum atomic E-state index is 1.09. The molecule has 0 spiro atoms. The van der Waals surface area contributed by atoms with Crippen molar-refractivity contribution in [2.75, 3.05) is 0 Å². The fourth-order valence-electron chi connectivity index (χ4n) is 5.90. The smallest absolute Gasteiger partial charge is 0.0664 e. The van der Waals surface area contributed by atoms with Crippen LogP contribution in [0, 0.1) is 35.5 Å². The molecule has 0 aliphatic heterocycles. The van der Waals surface area contributed by atoms with Gasteiger partial charge in [-0.25, -0.2) is 0 Å². The van der Waals surface area contributed by atoms with Crippen molar-refractivity contribution in [2.24, 2.45) is 35.5 Å². The molecule has 4 aliphatic carbocycles. The summed E-state index contributed by atoms with van der Waals surface area (Å²) in [7, 11) is 2.52. The van der Waals surface area contributed by atoms with Gasteiger partial charge in [-0.05, 0) is 61.2 Å². The topological polar surface area (TPSA) is 0 Å². The Morgan fingerprint density at radius 1 is 0.769 bits per heavy atom. The second-order valence-corrected chi connectivity index (χ2v) is 6.36. The number of hydrogen-bond acceptors (Lipinski definition) is 0. The standard InChI is InChI=1S/C12H19B/c13-10-5-8-4-9(10)12-7-2-1-6(3-7)11(8)12/h6-12H,1-5,13H2. The second-order valence-electron chi connectivity index (χ2n) is 6.36. The van der Waals surface area contributed by atoms with Crippen LogP contribution in [0.2, 0.25) is 5.82 Å². The van der Waals surface area contributed by atoms with Gasteiger partial charge < -0.3 is 0 Å². The molecule has 0 saturated heterocycles. The lowest BCUT2D eigenvalue weighted by Crippen LogP contribution is -2.30. The fraction of sp³-hybridized carbons (Fsp3) is 1.00. The van der Waals surface area contributed by atoms with E-state index in [4.69, 9.17) is 0 Å². The molecule has 0 amide bonds. The van der Waals surface area contributed by atoms with Crippen molar-refractivity contribution < 1.29 is 0 Å². The van der Waals surface area contributed by atoms with Crippen LogP contribution >= 0.6 is 0 Å². The van der Waals surface area contributed by atoms with Gasteiger partial charge in [-0.3, -0.25) is 0 Å². The molecule has 70 valence electrons. The van der Waals surface area contributed by atoms with Crippen molar-refractivity contribution in [2.45, 2.75) is 37.9 Å². The van der Waals surface area contributed by atoms with E-state index in [1.54, 1.807) is 32.1 Å². The Kier molecular flexibility index (Phi) is 1.23. The zero-order valence-corrected chi connectivity index (χ0v) is 8.58. The lowest BCUT2D eigenvalue weighted by Gasteiger charge is -2.37. The Morgan fingerprint density at radius 2 is 1.54 bits per heavy atom. The van der Waals surface area contributed by atoms with Gasteiger partial charge in [0.15, 0.2) is 0 Å². The van der Waals surface area contributed by atoms with Crippen molar-refractivity contribution in [3.05, 3.63) is 0 Å². The maximum atomic E-state index is 2.52. The summed E-state index contributed by atoms with van der Waals surface area (Å²) in [5, 5.41) is 0. The van der Waals surface area contributed by atoms with Crippen molar-refractivity contribution in [3.8, 4) is 0 Å². The Hall–Kier alpha value is 0.0649. The van der Waals surface area contributed by atoms with Crippen molar-refractivity contribution in [1.29, 1.82) is 0 Å². The van der Waals surface area contributed by atoms with Crippen LogP contribution < -0.4 is 0 Å². The van der Waals surface area contributed by atoms with E-state index < -0.39 is 0 Å². The van der Waals surface area contributed by atoms with E-state index in [-0.39, 0.29) is 0 Å². The van der Waals surface area contributed by atoms with E-state index in [9.17, 15) is 0 Å². The van der Waals surface area contributed by atoms with E-state index >= 15 is 0 Å². The third kappa shape index (κ3) is 0.725. The first-order valence-electron chi connectivity index (χ1n) is 6.34. The van der Waals surface area contributed by atoms with Crippen LogP contribution in [0.5, 0.6) is 0 Å². The van der Waals surface area contributed by atoms with Gasteiger partial charge in [0, 0.05) is 0 Å². The van der Waals surface area contributed by atoms with Gasteiger partial charge >= 0.3 is 0 Å². The van der Waals surface area contributed by atoms with Gasteiger partial charge in [0.05, 0.1) is 0 Å². The molecule has 0 radical (unpaired) electrons. The second kappa shape index (κ2) is 2.17. The lowest BCUT2D eigenvalue weighted by atomic mass is 9.62. The van der Waals surface area contributed by atoms with Gasteiger partial charge in [0.1, 0.15) is 7.85 Å². The summed E-state index contributed by atoms with van der Waals surface area (Å²) in [5.41, 5.74) is 0. The van der Waals surface area contributed by atoms with Crippen LogP contribution in [0.3, 0.4) is 0 Å². The van der Waals surface area contributed by atoms with E-state index in [0.717, 1.165) is 5.82 Å². The van der Waals surface area contributed by atoms with Gasteiger partial charge in [-0.1, -0.05) is 12.2 Å². The summed E-state index contributed by atoms with van der Waals surface area (Å²) in [5.74, 6) is 8.26. The molecule has 0 heterocycles. The molecule has 0 nitrogen and oxygen atoms in total. The zero-order valence-electron chi connectivity index (χ0n) is 8.58. The number of hydrogen-bond donors (Lipinski definition) is 0. The van der Waals surface area contributed by atoms with Crippen LogP contribution in [0.15, 0.2) is 0 Å². The highest BCUT2D eigenvalue weighted by atomic mass is 14.6. The van der Waals surface area contributed by atoms with E-state index in [2.05, 4.69) is 7.85 Å². The van der Waals surface area contributed by atoms with Crippen LogP contribution in [-0.4, -0.2) is 7.85 Å². The first-order valence-corrected chi connectivity index (χ1v) is 6.34. The summed E-state index contributed by atoms with van der Waals surface area (Å²) in [6.45, 7) is 0. The maximum absolute atomic E-state index is 2.52.